The van der Waals surface area contributed by atoms with Crippen LogP contribution >= 0.6 is 0 Å². The maximum Gasteiger partial charge on any atom is 0.0976 e. The van der Waals surface area contributed by atoms with E-state index < -0.39 is 0 Å². The summed E-state index contributed by atoms with van der Waals surface area (Å²) in [5.74, 6) is 0.745. The standard InChI is InChI=1S/C12H23N3/c1-4-12(9-13)15-7-5-14(6-8-15)10-11(2)3/h11-12H,4-8,10H2,1-3H3. The molecule has 0 aliphatic carbocycles. The molecule has 1 unspecified atom stereocenters. The highest BCUT2D eigenvalue weighted by Crippen LogP contribution is 2.09. The van der Waals surface area contributed by atoms with E-state index in [4.69, 9.17) is 5.26 Å². The normalized spacial score (nSPS) is 21.5. The lowest BCUT2D eigenvalue weighted by Crippen LogP contribution is -2.50. The van der Waals surface area contributed by atoms with E-state index in [1.807, 2.05) is 0 Å². The van der Waals surface area contributed by atoms with Crippen molar-refractivity contribution in [3.63, 3.8) is 0 Å². The van der Waals surface area contributed by atoms with E-state index in [1.165, 1.54) is 6.54 Å². The maximum absolute atomic E-state index is 8.98. The molecular weight excluding hydrogens is 186 g/mol. The van der Waals surface area contributed by atoms with Crippen molar-refractivity contribution in [1.29, 1.82) is 5.26 Å². The number of piperazine rings is 1. The fourth-order valence-electron chi connectivity index (χ4n) is 2.21. The number of hydrogen-bond acceptors (Lipinski definition) is 3. The van der Waals surface area contributed by atoms with Gasteiger partial charge in [0.2, 0.25) is 0 Å². The summed E-state index contributed by atoms with van der Waals surface area (Å²) in [6.07, 6.45) is 0.945. The van der Waals surface area contributed by atoms with Crippen LogP contribution in [-0.4, -0.2) is 48.6 Å². The Morgan fingerprint density at radius 2 is 1.80 bits per heavy atom. The summed E-state index contributed by atoms with van der Waals surface area (Å²) in [5.41, 5.74) is 0. The first-order valence-electron chi connectivity index (χ1n) is 6.03. The van der Waals surface area contributed by atoms with Crippen molar-refractivity contribution in [1.82, 2.24) is 9.80 Å². The average molecular weight is 209 g/mol. The van der Waals surface area contributed by atoms with Crippen LogP contribution < -0.4 is 0 Å². The molecule has 1 aliphatic heterocycles. The lowest BCUT2D eigenvalue weighted by molar-refractivity contribution is 0.104. The third-order valence-electron chi connectivity index (χ3n) is 3.01. The topological polar surface area (TPSA) is 30.3 Å². The molecule has 1 saturated heterocycles. The van der Waals surface area contributed by atoms with E-state index in [-0.39, 0.29) is 6.04 Å². The molecule has 0 radical (unpaired) electrons. The van der Waals surface area contributed by atoms with Gasteiger partial charge in [-0.2, -0.15) is 5.26 Å². The van der Waals surface area contributed by atoms with Gasteiger partial charge < -0.3 is 4.90 Å². The maximum atomic E-state index is 8.98. The van der Waals surface area contributed by atoms with Crippen LogP contribution in [0.5, 0.6) is 0 Å². The molecule has 0 N–H and O–H groups in total. The van der Waals surface area contributed by atoms with Crippen LogP contribution in [0, 0.1) is 17.2 Å². The highest BCUT2D eigenvalue weighted by Gasteiger charge is 2.22. The van der Waals surface area contributed by atoms with Crippen LogP contribution in [0.15, 0.2) is 0 Å². The summed E-state index contributed by atoms with van der Waals surface area (Å²) in [6, 6.07) is 2.52. The molecule has 0 saturated carbocycles. The Morgan fingerprint density at radius 1 is 1.20 bits per heavy atom. The van der Waals surface area contributed by atoms with Gasteiger partial charge in [0, 0.05) is 32.7 Å². The fraction of sp³-hybridized carbons (Fsp3) is 0.917. The molecule has 0 aromatic carbocycles. The van der Waals surface area contributed by atoms with Gasteiger partial charge in [-0.1, -0.05) is 20.8 Å². The van der Waals surface area contributed by atoms with Crippen molar-refractivity contribution in [3.05, 3.63) is 0 Å². The molecule has 1 rings (SSSR count). The molecule has 3 nitrogen and oxygen atoms in total. The Balaban J connectivity index is 2.32. The van der Waals surface area contributed by atoms with Gasteiger partial charge in [-0.15, -0.1) is 0 Å². The van der Waals surface area contributed by atoms with Gasteiger partial charge in [-0.25, -0.2) is 0 Å². The predicted octanol–water partition coefficient (Wildman–Crippen LogP) is 1.56. The molecule has 1 fully saturated rings. The highest BCUT2D eigenvalue weighted by atomic mass is 15.3. The van der Waals surface area contributed by atoms with E-state index >= 15 is 0 Å². The van der Waals surface area contributed by atoms with Crippen molar-refractivity contribution in [2.75, 3.05) is 32.7 Å². The second-order valence-electron chi connectivity index (χ2n) is 4.78. The Hall–Kier alpha value is -0.590. The second kappa shape index (κ2) is 6.09. The van der Waals surface area contributed by atoms with Gasteiger partial charge in [-0.3, -0.25) is 4.90 Å². The van der Waals surface area contributed by atoms with Gasteiger partial charge in [0.25, 0.3) is 0 Å². The molecule has 0 aromatic heterocycles. The Kier molecular flexibility index (Phi) is 5.07. The molecule has 0 spiro atoms. The molecule has 0 aromatic rings. The van der Waals surface area contributed by atoms with Crippen LogP contribution in [0.2, 0.25) is 0 Å². The lowest BCUT2D eigenvalue weighted by Gasteiger charge is -2.37. The van der Waals surface area contributed by atoms with Gasteiger partial charge in [0.05, 0.1) is 12.1 Å². The van der Waals surface area contributed by atoms with Crippen molar-refractivity contribution >= 4 is 0 Å². The SMILES string of the molecule is CCC(C#N)N1CCN(CC(C)C)CC1. The summed E-state index contributed by atoms with van der Waals surface area (Å²) in [7, 11) is 0. The molecule has 86 valence electrons. The first-order valence-corrected chi connectivity index (χ1v) is 6.03. The Labute approximate surface area is 93.7 Å². The van der Waals surface area contributed by atoms with Crippen LogP contribution in [0.3, 0.4) is 0 Å². The summed E-state index contributed by atoms with van der Waals surface area (Å²) in [4.78, 5) is 4.82. The van der Waals surface area contributed by atoms with E-state index in [0.717, 1.165) is 38.5 Å². The third-order valence-corrected chi connectivity index (χ3v) is 3.01. The zero-order valence-corrected chi connectivity index (χ0v) is 10.2. The van der Waals surface area contributed by atoms with Crippen molar-refractivity contribution in [2.45, 2.75) is 33.2 Å². The van der Waals surface area contributed by atoms with Crippen LogP contribution in [0.25, 0.3) is 0 Å². The first-order chi connectivity index (χ1) is 7.17. The molecule has 1 aliphatic rings. The quantitative estimate of drug-likeness (QED) is 0.704. The van der Waals surface area contributed by atoms with Gasteiger partial charge in [-0.05, 0) is 12.3 Å². The minimum absolute atomic E-state index is 0.131. The van der Waals surface area contributed by atoms with Gasteiger partial charge in [0.15, 0.2) is 0 Å². The summed E-state index contributed by atoms with van der Waals surface area (Å²) in [5, 5.41) is 8.98. The molecule has 3 heteroatoms. The fourth-order valence-corrected chi connectivity index (χ4v) is 2.21. The zero-order valence-electron chi connectivity index (χ0n) is 10.2. The summed E-state index contributed by atoms with van der Waals surface area (Å²) < 4.78 is 0. The summed E-state index contributed by atoms with van der Waals surface area (Å²) >= 11 is 0. The van der Waals surface area contributed by atoms with Crippen molar-refractivity contribution < 1.29 is 0 Å². The Morgan fingerprint density at radius 3 is 2.20 bits per heavy atom. The predicted molar refractivity (Wildman–Crippen MR) is 62.5 cm³/mol. The van der Waals surface area contributed by atoms with E-state index in [9.17, 15) is 0 Å². The van der Waals surface area contributed by atoms with E-state index in [1.54, 1.807) is 0 Å². The number of nitriles is 1. The van der Waals surface area contributed by atoms with Gasteiger partial charge in [0.1, 0.15) is 0 Å². The van der Waals surface area contributed by atoms with Gasteiger partial charge >= 0.3 is 0 Å². The smallest absolute Gasteiger partial charge is 0.0976 e. The number of nitrogens with zero attached hydrogens (tertiary/aromatic N) is 3. The molecule has 1 heterocycles. The third kappa shape index (κ3) is 3.81. The van der Waals surface area contributed by atoms with Crippen LogP contribution in [0.4, 0.5) is 0 Å². The van der Waals surface area contributed by atoms with Crippen LogP contribution in [0.1, 0.15) is 27.2 Å². The van der Waals surface area contributed by atoms with Crippen molar-refractivity contribution in [2.24, 2.45) is 5.92 Å². The lowest BCUT2D eigenvalue weighted by atomic mass is 10.1. The zero-order chi connectivity index (χ0) is 11.3. The van der Waals surface area contributed by atoms with Crippen molar-refractivity contribution in [3.8, 4) is 6.07 Å². The second-order valence-corrected chi connectivity index (χ2v) is 4.78. The molecule has 15 heavy (non-hydrogen) atoms. The largest absolute Gasteiger partial charge is 0.301 e. The molecule has 0 amide bonds. The highest BCUT2D eigenvalue weighted by molar-refractivity contribution is 4.92. The monoisotopic (exact) mass is 209 g/mol. The number of hydrogen-bond donors (Lipinski definition) is 0. The molecular formula is C12H23N3. The minimum atomic E-state index is 0.131. The summed E-state index contributed by atoms with van der Waals surface area (Å²) in [6.45, 7) is 12.2. The molecule has 0 bridgehead atoms. The van der Waals surface area contributed by atoms with E-state index in [0.29, 0.717) is 0 Å². The van der Waals surface area contributed by atoms with E-state index in [2.05, 4.69) is 36.6 Å². The minimum Gasteiger partial charge on any atom is -0.301 e. The average Bonchev–Trinajstić information content (AvgIpc) is 2.21. The Bertz CT molecular complexity index is 211. The number of rotatable bonds is 4. The van der Waals surface area contributed by atoms with Crippen LogP contribution in [-0.2, 0) is 0 Å². The first kappa shape index (κ1) is 12.5. The molecule has 1 atom stereocenters.